The number of likely N-dealkylation sites (tertiary alicyclic amines) is 1. The van der Waals surface area contributed by atoms with Crippen molar-refractivity contribution < 1.29 is 18.0 Å². The number of benzene rings is 1. The molecule has 0 radical (unpaired) electrons. The molecular formula is C11H14N4O4S. The molecule has 1 fully saturated rings. The van der Waals surface area contributed by atoms with Gasteiger partial charge >= 0.3 is 0 Å². The summed E-state index contributed by atoms with van der Waals surface area (Å²) >= 11 is 0. The number of carbonyl (C=O) groups is 2. The summed E-state index contributed by atoms with van der Waals surface area (Å²) in [7, 11) is -2.48. The van der Waals surface area contributed by atoms with Gasteiger partial charge in [-0.3, -0.25) is 14.5 Å². The fraction of sp³-hybridized carbons (Fsp3) is 0.273. The fourth-order valence-corrected chi connectivity index (χ4v) is 2.61. The highest BCUT2D eigenvalue weighted by Crippen LogP contribution is 2.23. The van der Waals surface area contributed by atoms with Crippen molar-refractivity contribution in [3.63, 3.8) is 0 Å². The summed E-state index contributed by atoms with van der Waals surface area (Å²) in [6.07, 6.45) is 0.0478. The molecule has 1 aliphatic heterocycles. The van der Waals surface area contributed by atoms with E-state index in [0.717, 1.165) is 4.90 Å². The van der Waals surface area contributed by atoms with E-state index < -0.39 is 16.1 Å². The van der Waals surface area contributed by atoms with Crippen molar-refractivity contribution in [2.45, 2.75) is 17.4 Å². The van der Waals surface area contributed by atoms with Crippen molar-refractivity contribution in [2.24, 2.45) is 5.14 Å². The standard InChI is InChI=1S/C11H14N4O4S/c1-15-10(16)5-8(11(15)17)14-6-2-3-9(7(12)4-6)20(13,18)19/h2-4,8,14H,5,12H2,1H3,(H2,13,18,19). The summed E-state index contributed by atoms with van der Waals surface area (Å²) in [4.78, 5) is 24.0. The Balaban J connectivity index is 2.22. The van der Waals surface area contributed by atoms with Crippen LogP contribution in [-0.2, 0) is 19.6 Å². The van der Waals surface area contributed by atoms with Gasteiger partial charge in [0.2, 0.25) is 15.9 Å². The Hall–Kier alpha value is -2.13. The smallest absolute Gasteiger partial charge is 0.251 e. The van der Waals surface area contributed by atoms with E-state index in [1.165, 1.54) is 25.2 Å². The van der Waals surface area contributed by atoms with E-state index in [0.29, 0.717) is 5.69 Å². The number of amides is 2. The molecule has 5 N–H and O–H groups in total. The lowest BCUT2D eigenvalue weighted by atomic mass is 10.2. The minimum absolute atomic E-state index is 0.0253. The number of anilines is 2. The molecule has 0 bridgehead atoms. The Morgan fingerprint density at radius 3 is 2.45 bits per heavy atom. The van der Waals surface area contributed by atoms with Crippen LogP contribution < -0.4 is 16.2 Å². The minimum atomic E-state index is -3.89. The number of hydrogen-bond acceptors (Lipinski definition) is 6. The molecule has 1 heterocycles. The number of sulfonamides is 1. The van der Waals surface area contributed by atoms with E-state index >= 15 is 0 Å². The molecule has 1 aliphatic rings. The van der Waals surface area contributed by atoms with Gasteiger partial charge in [-0.2, -0.15) is 0 Å². The lowest BCUT2D eigenvalue weighted by molar-refractivity contribution is -0.136. The van der Waals surface area contributed by atoms with E-state index in [9.17, 15) is 18.0 Å². The minimum Gasteiger partial charge on any atom is -0.398 e. The van der Waals surface area contributed by atoms with E-state index in [1.807, 2.05) is 0 Å². The maximum absolute atomic E-state index is 11.7. The number of nitrogens with one attached hydrogen (secondary N) is 1. The number of likely N-dealkylation sites (N-methyl/N-ethyl adjacent to an activating group) is 1. The second-order valence-electron chi connectivity index (χ2n) is 4.49. The van der Waals surface area contributed by atoms with Gasteiger partial charge in [0, 0.05) is 12.7 Å². The lowest BCUT2D eigenvalue weighted by Crippen LogP contribution is -2.31. The summed E-state index contributed by atoms with van der Waals surface area (Å²) in [6, 6.07) is 3.37. The number of nitrogens with zero attached hydrogens (tertiary/aromatic N) is 1. The number of imide groups is 1. The normalized spacial score (nSPS) is 19.5. The lowest BCUT2D eigenvalue weighted by Gasteiger charge is -2.13. The zero-order chi connectivity index (χ0) is 15.1. The molecule has 1 aromatic rings. The average Bonchev–Trinajstić information content (AvgIpc) is 2.55. The molecule has 9 heteroatoms. The van der Waals surface area contributed by atoms with Gasteiger partial charge in [-0.1, -0.05) is 0 Å². The summed E-state index contributed by atoms with van der Waals surface area (Å²) in [5, 5.41) is 7.84. The van der Waals surface area contributed by atoms with Crippen molar-refractivity contribution in [3.05, 3.63) is 18.2 Å². The number of hydrogen-bond donors (Lipinski definition) is 3. The SMILES string of the molecule is CN1C(=O)CC(Nc2ccc(S(N)(=O)=O)c(N)c2)C1=O. The number of primary sulfonamides is 1. The Labute approximate surface area is 115 Å². The molecule has 108 valence electrons. The Kier molecular flexibility index (Phi) is 3.40. The molecule has 20 heavy (non-hydrogen) atoms. The summed E-state index contributed by atoms with van der Waals surface area (Å²) in [5.41, 5.74) is 6.03. The second kappa shape index (κ2) is 4.76. The van der Waals surface area contributed by atoms with E-state index in [4.69, 9.17) is 10.9 Å². The van der Waals surface area contributed by atoms with Gasteiger partial charge < -0.3 is 11.1 Å². The molecule has 2 rings (SSSR count). The highest BCUT2D eigenvalue weighted by molar-refractivity contribution is 7.89. The van der Waals surface area contributed by atoms with Gasteiger partial charge in [0.1, 0.15) is 10.9 Å². The van der Waals surface area contributed by atoms with Crippen LogP contribution in [0.5, 0.6) is 0 Å². The van der Waals surface area contributed by atoms with Crippen molar-refractivity contribution in [1.82, 2.24) is 4.90 Å². The summed E-state index contributed by atoms with van der Waals surface area (Å²) in [5.74, 6) is -0.620. The van der Waals surface area contributed by atoms with Gasteiger partial charge in [-0.25, -0.2) is 13.6 Å². The second-order valence-corrected chi connectivity index (χ2v) is 6.02. The van der Waals surface area contributed by atoms with Crippen LogP contribution in [-0.4, -0.2) is 38.2 Å². The van der Waals surface area contributed by atoms with Crippen LogP contribution in [0.2, 0.25) is 0 Å². The van der Waals surface area contributed by atoms with E-state index in [1.54, 1.807) is 0 Å². The van der Waals surface area contributed by atoms with Crippen LogP contribution >= 0.6 is 0 Å². The van der Waals surface area contributed by atoms with Crippen molar-refractivity contribution in [2.75, 3.05) is 18.1 Å². The number of nitrogen functional groups attached to an aromatic ring is 1. The largest absolute Gasteiger partial charge is 0.398 e. The number of carbonyl (C=O) groups excluding carboxylic acids is 2. The first kappa shape index (κ1) is 14.3. The number of rotatable bonds is 3. The number of nitrogens with two attached hydrogens (primary N) is 2. The Bertz CT molecular complexity index is 686. The molecule has 0 spiro atoms. The third kappa shape index (κ3) is 2.58. The van der Waals surface area contributed by atoms with E-state index in [-0.39, 0.29) is 28.8 Å². The average molecular weight is 298 g/mol. The van der Waals surface area contributed by atoms with Crippen LogP contribution in [0.1, 0.15) is 6.42 Å². The molecule has 1 atom stereocenters. The summed E-state index contributed by atoms with van der Waals surface area (Å²) < 4.78 is 22.4. The van der Waals surface area contributed by atoms with Gasteiger partial charge in [0.25, 0.3) is 5.91 Å². The van der Waals surface area contributed by atoms with Gasteiger partial charge in [-0.05, 0) is 18.2 Å². The predicted molar refractivity (Wildman–Crippen MR) is 72.0 cm³/mol. The molecule has 0 aliphatic carbocycles. The van der Waals surface area contributed by atoms with Crippen LogP contribution in [0.4, 0.5) is 11.4 Å². The zero-order valence-electron chi connectivity index (χ0n) is 10.7. The molecule has 1 aromatic carbocycles. The topological polar surface area (TPSA) is 136 Å². The molecule has 0 saturated carbocycles. The quantitative estimate of drug-likeness (QED) is 0.488. The fourth-order valence-electron chi connectivity index (χ4n) is 1.97. The van der Waals surface area contributed by atoms with Gasteiger partial charge in [0.05, 0.1) is 12.1 Å². The highest BCUT2D eigenvalue weighted by atomic mass is 32.2. The van der Waals surface area contributed by atoms with Crippen molar-refractivity contribution in [3.8, 4) is 0 Å². The first-order chi connectivity index (χ1) is 9.20. The molecule has 1 unspecified atom stereocenters. The van der Waals surface area contributed by atoms with Crippen LogP contribution in [0.15, 0.2) is 23.1 Å². The van der Waals surface area contributed by atoms with Gasteiger partial charge in [0.15, 0.2) is 0 Å². The molecule has 0 aromatic heterocycles. The van der Waals surface area contributed by atoms with Crippen LogP contribution in [0.25, 0.3) is 0 Å². The molecule has 8 nitrogen and oxygen atoms in total. The predicted octanol–water partition coefficient (Wildman–Crippen LogP) is -0.915. The maximum Gasteiger partial charge on any atom is 0.251 e. The Morgan fingerprint density at radius 2 is 2.00 bits per heavy atom. The molecular weight excluding hydrogens is 284 g/mol. The first-order valence-electron chi connectivity index (χ1n) is 5.69. The van der Waals surface area contributed by atoms with Crippen LogP contribution in [0, 0.1) is 0 Å². The highest BCUT2D eigenvalue weighted by Gasteiger charge is 2.35. The molecule has 2 amide bonds. The van der Waals surface area contributed by atoms with Crippen LogP contribution in [0.3, 0.4) is 0 Å². The first-order valence-corrected chi connectivity index (χ1v) is 7.24. The summed E-state index contributed by atoms with van der Waals surface area (Å²) in [6.45, 7) is 0. The third-order valence-electron chi connectivity index (χ3n) is 3.04. The van der Waals surface area contributed by atoms with Crippen molar-refractivity contribution >= 4 is 33.2 Å². The monoisotopic (exact) mass is 298 g/mol. The van der Waals surface area contributed by atoms with Gasteiger partial charge in [-0.15, -0.1) is 0 Å². The van der Waals surface area contributed by atoms with E-state index in [2.05, 4.69) is 5.32 Å². The Morgan fingerprint density at radius 1 is 1.35 bits per heavy atom. The maximum atomic E-state index is 11.7. The third-order valence-corrected chi connectivity index (χ3v) is 4.02. The van der Waals surface area contributed by atoms with Crippen molar-refractivity contribution in [1.29, 1.82) is 0 Å². The zero-order valence-corrected chi connectivity index (χ0v) is 11.5. The molecule has 1 saturated heterocycles.